The van der Waals surface area contributed by atoms with Crippen LogP contribution in [0.4, 0.5) is 0 Å². The van der Waals surface area contributed by atoms with Crippen molar-refractivity contribution in [1.29, 1.82) is 0 Å². The summed E-state index contributed by atoms with van der Waals surface area (Å²) >= 11 is 0. The predicted molar refractivity (Wildman–Crippen MR) is 83.7 cm³/mol. The largest absolute Gasteiger partial charge is 0.392 e. The van der Waals surface area contributed by atoms with E-state index in [-0.39, 0.29) is 12.0 Å². The molecule has 0 bridgehead atoms. The third-order valence-electron chi connectivity index (χ3n) is 4.23. The Bertz CT molecular complexity index is 559. The number of aliphatic hydroxyl groups excluding tert-OH is 1. The highest BCUT2D eigenvalue weighted by Gasteiger charge is 2.21. The van der Waals surface area contributed by atoms with Crippen LogP contribution in [0.25, 0.3) is 11.0 Å². The van der Waals surface area contributed by atoms with Crippen LogP contribution in [0.5, 0.6) is 0 Å². The number of nitrogens with zero attached hydrogens (tertiary/aromatic N) is 2. The normalized spacial score (nSPS) is 14.9. The molecule has 2 aromatic rings. The maximum Gasteiger partial charge on any atom is 0.112 e. The second-order valence-electron chi connectivity index (χ2n) is 6.04. The summed E-state index contributed by atoms with van der Waals surface area (Å²) in [5.41, 5.74) is 2.20. The van der Waals surface area contributed by atoms with E-state index in [0.717, 1.165) is 24.3 Å². The van der Waals surface area contributed by atoms with Gasteiger partial charge in [-0.05, 0) is 30.4 Å². The van der Waals surface area contributed by atoms with E-state index in [4.69, 9.17) is 4.98 Å². The molecule has 0 saturated carbocycles. The minimum Gasteiger partial charge on any atom is -0.392 e. The number of para-hydroxylation sites is 2. The molecule has 0 spiro atoms. The third kappa shape index (κ3) is 3.04. The second-order valence-corrected chi connectivity index (χ2v) is 6.04. The summed E-state index contributed by atoms with van der Waals surface area (Å²) in [4.78, 5) is 4.72. The number of imidazole rings is 1. The van der Waals surface area contributed by atoms with E-state index in [1.54, 1.807) is 0 Å². The number of aryl methyl sites for hydroxylation is 1. The molecular weight excluding hydrogens is 248 g/mol. The molecule has 1 aromatic heterocycles. The molecule has 0 aliphatic rings. The smallest absolute Gasteiger partial charge is 0.112 e. The first-order valence-corrected chi connectivity index (χ1v) is 7.66. The Morgan fingerprint density at radius 1 is 1.20 bits per heavy atom. The lowest BCUT2D eigenvalue weighted by molar-refractivity contribution is 0.0896. The molecule has 3 nitrogen and oxygen atoms in total. The van der Waals surface area contributed by atoms with Crippen LogP contribution in [0, 0.1) is 11.8 Å². The molecule has 0 radical (unpaired) electrons. The van der Waals surface area contributed by atoms with E-state index in [1.807, 2.05) is 18.2 Å². The highest BCUT2D eigenvalue weighted by Crippen LogP contribution is 2.21. The number of hydrogen-bond acceptors (Lipinski definition) is 2. The summed E-state index contributed by atoms with van der Waals surface area (Å²) in [7, 11) is 0. The zero-order valence-corrected chi connectivity index (χ0v) is 13.0. The van der Waals surface area contributed by atoms with Gasteiger partial charge in [-0.1, -0.05) is 39.8 Å². The number of hydrogen-bond donors (Lipinski definition) is 1. The number of aliphatic hydroxyl groups is 1. The minimum atomic E-state index is -0.331. The van der Waals surface area contributed by atoms with E-state index < -0.39 is 0 Å². The standard InChI is InChI=1S/C17H26N2O/c1-5-10-19-15-9-7-6-8-14(15)18-17(19)11-16(20)13(4)12(2)3/h6-9,12-13,16,20H,5,10-11H2,1-4H3. The SMILES string of the molecule is CCCn1c(CC(O)C(C)C(C)C)nc2ccccc21. The fourth-order valence-corrected chi connectivity index (χ4v) is 2.57. The van der Waals surface area contributed by atoms with Crippen molar-refractivity contribution in [2.45, 2.75) is 53.2 Å². The van der Waals surface area contributed by atoms with Gasteiger partial charge < -0.3 is 9.67 Å². The fraction of sp³-hybridized carbons (Fsp3) is 0.588. The fourth-order valence-electron chi connectivity index (χ4n) is 2.57. The van der Waals surface area contributed by atoms with Gasteiger partial charge in [0.2, 0.25) is 0 Å². The zero-order chi connectivity index (χ0) is 14.7. The second kappa shape index (κ2) is 6.40. The summed E-state index contributed by atoms with van der Waals surface area (Å²) in [5, 5.41) is 10.4. The molecule has 0 fully saturated rings. The van der Waals surface area contributed by atoms with E-state index >= 15 is 0 Å². The van der Waals surface area contributed by atoms with Crippen molar-refractivity contribution in [2.24, 2.45) is 11.8 Å². The Hall–Kier alpha value is -1.35. The molecule has 1 aromatic carbocycles. The van der Waals surface area contributed by atoms with Gasteiger partial charge in [0.05, 0.1) is 17.1 Å². The molecule has 0 aliphatic carbocycles. The van der Waals surface area contributed by atoms with E-state index in [9.17, 15) is 5.11 Å². The first kappa shape index (κ1) is 15.0. The monoisotopic (exact) mass is 274 g/mol. The number of fused-ring (bicyclic) bond motifs is 1. The maximum absolute atomic E-state index is 10.4. The summed E-state index contributed by atoms with van der Waals surface area (Å²) in [6.07, 6.45) is 1.37. The van der Waals surface area contributed by atoms with Crippen LogP contribution in [0.3, 0.4) is 0 Å². The van der Waals surface area contributed by atoms with Crippen molar-refractivity contribution >= 4 is 11.0 Å². The van der Waals surface area contributed by atoms with Crippen molar-refractivity contribution < 1.29 is 5.11 Å². The van der Waals surface area contributed by atoms with Gasteiger partial charge >= 0.3 is 0 Å². The lowest BCUT2D eigenvalue weighted by Gasteiger charge is -2.22. The van der Waals surface area contributed by atoms with Crippen molar-refractivity contribution in [3.05, 3.63) is 30.1 Å². The summed E-state index contributed by atoms with van der Waals surface area (Å²) in [6.45, 7) is 9.55. The molecular formula is C17H26N2O. The molecule has 1 N–H and O–H groups in total. The Morgan fingerprint density at radius 3 is 2.55 bits per heavy atom. The molecule has 2 rings (SSSR count). The van der Waals surface area contributed by atoms with Gasteiger partial charge in [0.25, 0.3) is 0 Å². The highest BCUT2D eigenvalue weighted by atomic mass is 16.3. The minimum absolute atomic E-state index is 0.282. The third-order valence-corrected chi connectivity index (χ3v) is 4.23. The average molecular weight is 274 g/mol. The maximum atomic E-state index is 10.4. The summed E-state index contributed by atoms with van der Waals surface area (Å²) in [6, 6.07) is 8.22. The molecule has 2 atom stereocenters. The van der Waals surface area contributed by atoms with Gasteiger partial charge in [-0.3, -0.25) is 0 Å². The molecule has 0 saturated heterocycles. The number of aromatic nitrogens is 2. The van der Waals surface area contributed by atoms with Gasteiger partial charge in [0.15, 0.2) is 0 Å². The van der Waals surface area contributed by atoms with Gasteiger partial charge in [0.1, 0.15) is 5.82 Å². The zero-order valence-electron chi connectivity index (χ0n) is 13.0. The van der Waals surface area contributed by atoms with Gasteiger partial charge in [-0.15, -0.1) is 0 Å². The van der Waals surface area contributed by atoms with E-state index in [2.05, 4.69) is 38.3 Å². The van der Waals surface area contributed by atoms with Crippen molar-refractivity contribution in [1.82, 2.24) is 9.55 Å². The molecule has 20 heavy (non-hydrogen) atoms. The summed E-state index contributed by atoms with van der Waals surface area (Å²) in [5.74, 6) is 1.77. The predicted octanol–water partition coefficient (Wildman–Crippen LogP) is 3.64. The van der Waals surface area contributed by atoms with Crippen LogP contribution < -0.4 is 0 Å². The average Bonchev–Trinajstić information content (AvgIpc) is 2.76. The van der Waals surface area contributed by atoms with Crippen LogP contribution in [-0.2, 0) is 13.0 Å². The van der Waals surface area contributed by atoms with Crippen LogP contribution in [-0.4, -0.2) is 20.8 Å². The van der Waals surface area contributed by atoms with E-state index in [0.29, 0.717) is 12.3 Å². The van der Waals surface area contributed by atoms with Gasteiger partial charge in [0, 0.05) is 13.0 Å². The molecule has 0 aliphatic heterocycles. The molecule has 0 amide bonds. The molecule has 110 valence electrons. The Morgan fingerprint density at radius 2 is 1.90 bits per heavy atom. The van der Waals surface area contributed by atoms with Gasteiger partial charge in [-0.25, -0.2) is 4.98 Å². The van der Waals surface area contributed by atoms with Crippen LogP contribution in [0.2, 0.25) is 0 Å². The Labute approximate surface area is 121 Å². The molecule has 2 unspecified atom stereocenters. The van der Waals surface area contributed by atoms with Crippen molar-refractivity contribution in [3.8, 4) is 0 Å². The Kier molecular flexibility index (Phi) is 4.81. The van der Waals surface area contributed by atoms with Gasteiger partial charge in [-0.2, -0.15) is 0 Å². The van der Waals surface area contributed by atoms with Crippen molar-refractivity contribution in [2.75, 3.05) is 0 Å². The topological polar surface area (TPSA) is 38.0 Å². The van der Waals surface area contributed by atoms with Crippen molar-refractivity contribution in [3.63, 3.8) is 0 Å². The number of rotatable bonds is 6. The number of benzene rings is 1. The first-order chi connectivity index (χ1) is 9.54. The van der Waals surface area contributed by atoms with E-state index in [1.165, 1.54) is 5.52 Å². The summed E-state index contributed by atoms with van der Waals surface area (Å²) < 4.78 is 2.26. The quantitative estimate of drug-likeness (QED) is 0.873. The molecule has 3 heteroatoms. The van der Waals surface area contributed by atoms with Crippen LogP contribution in [0.15, 0.2) is 24.3 Å². The van der Waals surface area contributed by atoms with Crippen LogP contribution >= 0.6 is 0 Å². The Balaban J connectivity index is 2.31. The first-order valence-electron chi connectivity index (χ1n) is 7.66. The lowest BCUT2D eigenvalue weighted by Crippen LogP contribution is -2.26. The molecule has 1 heterocycles. The highest BCUT2D eigenvalue weighted by molar-refractivity contribution is 5.75. The van der Waals surface area contributed by atoms with Crippen LogP contribution in [0.1, 0.15) is 39.9 Å². The lowest BCUT2D eigenvalue weighted by atomic mass is 9.90.